The number of nitrogens with zero attached hydrogens (tertiary/aromatic N) is 1. The molecule has 2 aromatic carbocycles. The largest absolute Gasteiger partial charge is 0.493 e. The van der Waals surface area contributed by atoms with Crippen molar-refractivity contribution in [2.45, 2.75) is 12.5 Å². The van der Waals surface area contributed by atoms with E-state index in [1.807, 2.05) is 42.5 Å². The fraction of sp³-hybridized carbons (Fsp3) is 0.200. The van der Waals surface area contributed by atoms with E-state index >= 15 is 0 Å². The third-order valence-electron chi connectivity index (χ3n) is 4.63. The summed E-state index contributed by atoms with van der Waals surface area (Å²) in [5.74, 6) is 0.417. The second-order valence-corrected chi connectivity index (χ2v) is 6.18. The average Bonchev–Trinajstić information content (AvgIpc) is 2.87. The van der Waals surface area contributed by atoms with Gasteiger partial charge >= 0.3 is 0 Å². The minimum Gasteiger partial charge on any atom is -0.493 e. The van der Waals surface area contributed by atoms with Crippen LogP contribution < -0.4 is 10.1 Å². The molecular weight excluding hydrogens is 316 g/mol. The average molecular weight is 334 g/mol. The van der Waals surface area contributed by atoms with Crippen molar-refractivity contribution in [3.63, 3.8) is 0 Å². The molecule has 0 aliphatic carbocycles. The smallest absolute Gasteiger partial charge is 0.259 e. The summed E-state index contributed by atoms with van der Waals surface area (Å²) in [7, 11) is 0. The zero-order chi connectivity index (χ0) is 17.4. The van der Waals surface area contributed by atoms with Gasteiger partial charge in [-0.15, -0.1) is 0 Å². The quantitative estimate of drug-likeness (QED) is 0.939. The first-order valence-corrected chi connectivity index (χ1v) is 8.26. The maximum Gasteiger partial charge on any atom is 0.259 e. The molecule has 1 unspecified atom stereocenters. The van der Waals surface area contributed by atoms with Crippen LogP contribution in [0.2, 0.25) is 0 Å². The van der Waals surface area contributed by atoms with E-state index in [0.717, 1.165) is 16.9 Å². The number of fused-ring (bicyclic) bond motifs is 2. The molecule has 2 heterocycles. The molecule has 5 nitrogen and oxygen atoms in total. The van der Waals surface area contributed by atoms with Gasteiger partial charge in [0.1, 0.15) is 12.3 Å². The van der Waals surface area contributed by atoms with Gasteiger partial charge in [-0.1, -0.05) is 43.0 Å². The van der Waals surface area contributed by atoms with Gasteiger partial charge in [0.15, 0.2) is 0 Å². The molecule has 2 aliphatic heterocycles. The lowest BCUT2D eigenvalue weighted by Gasteiger charge is -2.27. The van der Waals surface area contributed by atoms with Gasteiger partial charge < -0.3 is 10.1 Å². The maximum absolute atomic E-state index is 12.5. The maximum atomic E-state index is 12.5. The highest BCUT2D eigenvalue weighted by Gasteiger charge is 2.32. The van der Waals surface area contributed by atoms with Gasteiger partial charge in [0.2, 0.25) is 5.91 Å². The Labute approximate surface area is 145 Å². The monoisotopic (exact) mass is 334 g/mol. The lowest BCUT2D eigenvalue weighted by molar-refractivity contribution is -0.122. The fourth-order valence-corrected chi connectivity index (χ4v) is 3.38. The van der Waals surface area contributed by atoms with Gasteiger partial charge in [-0.3, -0.25) is 14.5 Å². The van der Waals surface area contributed by atoms with Gasteiger partial charge in [0, 0.05) is 28.8 Å². The zero-order valence-corrected chi connectivity index (χ0v) is 13.7. The first-order chi connectivity index (χ1) is 12.1. The Bertz CT molecular complexity index is 840. The minimum absolute atomic E-state index is 0.0358. The molecule has 0 spiro atoms. The minimum atomic E-state index is -0.205. The Morgan fingerprint density at radius 2 is 1.88 bits per heavy atom. The van der Waals surface area contributed by atoms with Crippen LogP contribution in [0.3, 0.4) is 0 Å². The van der Waals surface area contributed by atoms with Gasteiger partial charge in [-0.2, -0.15) is 0 Å². The number of hydrogen-bond donors (Lipinski definition) is 1. The molecule has 5 heteroatoms. The van der Waals surface area contributed by atoms with Crippen molar-refractivity contribution in [3.8, 4) is 5.75 Å². The van der Waals surface area contributed by atoms with E-state index in [4.69, 9.17) is 4.74 Å². The van der Waals surface area contributed by atoms with E-state index in [2.05, 4.69) is 11.9 Å². The molecule has 1 N–H and O–H groups in total. The van der Waals surface area contributed by atoms with Crippen LogP contribution in [0.25, 0.3) is 5.70 Å². The number of ether oxygens (including phenoxy) is 1. The predicted molar refractivity (Wildman–Crippen MR) is 94.0 cm³/mol. The lowest BCUT2D eigenvalue weighted by Crippen LogP contribution is -2.39. The van der Waals surface area contributed by atoms with Crippen molar-refractivity contribution in [2.75, 3.05) is 13.2 Å². The van der Waals surface area contributed by atoms with E-state index in [1.165, 1.54) is 4.90 Å². The first-order valence-electron chi connectivity index (χ1n) is 8.26. The number of nitrogens with one attached hydrogen (secondary N) is 1. The number of carbonyl (C=O) groups is 2. The van der Waals surface area contributed by atoms with Crippen LogP contribution in [-0.4, -0.2) is 29.9 Å². The van der Waals surface area contributed by atoms with E-state index < -0.39 is 0 Å². The van der Waals surface area contributed by atoms with E-state index in [-0.39, 0.29) is 24.4 Å². The molecular formula is C20H18N2O3. The standard InChI is InChI=1S/C20H18N2O3/c1-13-14-6-2-3-7-15(14)20(24)22(13)12-19(23)21-17-10-11-25-18-9-5-4-8-16(17)18/h2-9,17H,1,10-12H2,(H,21,23). The number of carbonyl (C=O) groups excluding carboxylic acids is 2. The second kappa shape index (κ2) is 6.09. The normalized spacial score (nSPS) is 18.4. The number of benzene rings is 2. The number of rotatable bonds is 3. The topological polar surface area (TPSA) is 58.6 Å². The highest BCUT2D eigenvalue weighted by Crippen LogP contribution is 2.33. The van der Waals surface area contributed by atoms with E-state index in [0.29, 0.717) is 24.3 Å². The first kappa shape index (κ1) is 15.4. The third kappa shape index (κ3) is 2.67. The van der Waals surface area contributed by atoms with Crippen LogP contribution in [0.5, 0.6) is 5.75 Å². The molecule has 0 bridgehead atoms. The van der Waals surface area contributed by atoms with Crippen LogP contribution in [0.4, 0.5) is 0 Å². The molecule has 0 radical (unpaired) electrons. The Morgan fingerprint density at radius 3 is 2.68 bits per heavy atom. The summed E-state index contributed by atoms with van der Waals surface area (Å²) in [6.07, 6.45) is 0.706. The molecule has 0 fully saturated rings. The van der Waals surface area contributed by atoms with Crippen LogP contribution >= 0.6 is 0 Å². The van der Waals surface area contributed by atoms with Gasteiger partial charge in [-0.05, 0) is 12.1 Å². The molecule has 0 saturated carbocycles. The highest BCUT2D eigenvalue weighted by molar-refractivity contribution is 6.10. The van der Waals surface area contributed by atoms with Crippen molar-refractivity contribution in [3.05, 3.63) is 71.8 Å². The predicted octanol–water partition coefficient (Wildman–Crippen LogP) is 2.75. The zero-order valence-electron chi connectivity index (χ0n) is 13.7. The van der Waals surface area contributed by atoms with Crippen LogP contribution in [0.15, 0.2) is 55.1 Å². The summed E-state index contributed by atoms with van der Waals surface area (Å²) in [5, 5.41) is 3.02. The summed E-state index contributed by atoms with van der Waals surface area (Å²) in [5.41, 5.74) is 2.92. The number of para-hydroxylation sites is 1. The van der Waals surface area contributed by atoms with E-state index in [9.17, 15) is 9.59 Å². The highest BCUT2D eigenvalue weighted by atomic mass is 16.5. The van der Waals surface area contributed by atoms with Crippen molar-refractivity contribution >= 4 is 17.5 Å². The summed E-state index contributed by atoms with van der Waals surface area (Å²) in [6, 6.07) is 14.9. The van der Waals surface area contributed by atoms with Crippen LogP contribution in [-0.2, 0) is 4.79 Å². The molecule has 126 valence electrons. The summed E-state index contributed by atoms with van der Waals surface area (Å²) in [4.78, 5) is 26.5. The van der Waals surface area contributed by atoms with Crippen LogP contribution in [0.1, 0.15) is 33.9 Å². The Hall–Kier alpha value is -3.08. The lowest BCUT2D eigenvalue weighted by atomic mass is 10.0. The summed E-state index contributed by atoms with van der Waals surface area (Å²) in [6.45, 7) is 4.49. The van der Waals surface area contributed by atoms with Crippen LogP contribution in [0, 0.1) is 0 Å². The Kier molecular flexibility index (Phi) is 3.76. The summed E-state index contributed by atoms with van der Waals surface area (Å²) >= 11 is 0. The van der Waals surface area contributed by atoms with Gasteiger partial charge in [0.25, 0.3) is 5.91 Å². The Balaban J connectivity index is 1.48. The number of hydrogen-bond acceptors (Lipinski definition) is 3. The molecule has 25 heavy (non-hydrogen) atoms. The van der Waals surface area contributed by atoms with Crippen molar-refractivity contribution < 1.29 is 14.3 Å². The summed E-state index contributed by atoms with van der Waals surface area (Å²) < 4.78 is 5.62. The SMILES string of the molecule is C=C1c2ccccc2C(=O)N1CC(=O)NC1CCOc2ccccc21. The molecule has 0 aromatic heterocycles. The fourth-order valence-electron chi connectivity index (χ4n) is 3.38. The number of amides is 2. The van der Waals surface area contributed by atoms with Crippen molar-refractivity contribution in [1.29, 1.82) is 0 Å². The molecule has 2 amide bonds. The molecule has 4 rings (SSSR count). The van der Waals surface area contributed by atoms with Crippen molar-refractivity contribution in [2.24, 2.45) is 0 Å². The third-order valence-corrected chi connectivity index (χ3v) is 4.63. The molecule has 0 saturated heterocycles. The second-order valence-electron chi connectivity index (χ2n) is 6.18. The molecule has 1 atom stereocenters. The Morgan fingerprint density at radius 1 is 1.16 bits per heavy atom. The van der Waals surface area contributed by atoms with E-state index in [1.54, 1.807) is 6.07 Å². The van der Waals surface area contributed by atoms with Crippen molar-refractivity contribution in [1.82, 2.24) is 10.2 Å². The molecule has 2 aliphatic rings. The molecule has 2 aromatic rings. The van der Waals surface area contributed by atoms with Gasteiger partial charge in [-0.25, -0.2) is 0 Å². The van der Waals surface area contributed by atoms with Gasteiger partial charge in [0.05, 0.1) is 12.6 Å².